The van der Waals surface area contributed by atoms with Crippen LogP contribution in [0.1, 0.15) is 35.2 Å². The molecule has 1 aromatic rings. The number of aryl methyl sites for hydroxylation is 1. The SMILES string of the molecule is COC1CCC(NC(=O)c2cc(C)ccc2Br)C1. The molecule has 0 spiro atoms. The van der Waals surface area contributed by atoms with Crippen molar-refractivity contribution in [3.63, 3.8) is 0 Å². The molecule has 2 unspecified atom stereocenters. The first-order valence-electron chi connectivity index (χ1n) is 6.20. The van der Waals surface area contributed by atoms with E-state index < -0.39 is 0 Å². The lowest BCUT2D eigenvalue weighted by Crippen LogP contribution is -2.33. The molecule has 1 saturated carbocycles. The lowest BCUT2D eigenvalue weighted by atomic mass is 10.1. The zero-order valence-corrected chi connectivity index (χ0v) is 12.3. The molecule has 0 saturated heterocycles. The normalized spacial score (nSPS) is 23.1. The minimum Gasteiger partial charge on any atom is -0.381 e. The van der Waals surface area contributed by atoms with Gasteiger partial charge in [0.05, 0.1) is 11.7 Å². The molecule has 18 heavy (non-hydrogen) atoms. The Morgan fingerprint density at radius 2 is 2.22 bits per heavy atom. The average Bonchev–Trinajstić information content (AvgIpc) is 2.80. The third-order valence-corrected chi connectivity index (χ3v) is 4.11. The second-order valence-corrected chi connectivity index (χ2v) is 5.68. The summed E-state index contributed by atoms with van der Waals surface area (Å²) >= 11 is 3.42. The van der Waals surface area contributed by atoms with Crippen molar-refractivity contribution in [1.29, 1.82) is 0 Å². The molecule has 0 aromatic heterocycles. The molecular formula is C14H18BrNO2. The van der Waals surface area contributed by atoms with Crippen molar-refractivity contribution in [2.45, 2.75) is 38.3 Å². The van der Waals surface area contributed by atoms with Gasteiger partial charge in [0.1, 0.15) is 0 Å². The standard InChI is InChI=1S/C14H18BrNO2/c1-9-3-6-13(15)12(7-9)14(17)16-10-4-5-11(8-10)18-2/h3,6-7,10-11H,4-5,8H2,1-2H3,(H,16,17). The van der Waals surface area contributed by atoms with Crippen LogP contribution in [0.4, 0.5) is 0 Å². The zero-order chi connectivity index (χ0) is 13.1. The molecule has 1 aromatic carbocycles. The number of amides is 1. The minimum absolute atomic E-state index is 0.00710. The Morgan fingerprint density at radius 3 is 2.89 bits per heavy atom. The van der Waals surface area contributed by atoms with Gasteiger partial charge in [-0.3, -0.25) is 4.79 Å². The Labute approximate surface area is 116 Å². The first-order valence-corrected chi connectivity index (χ1v) is 6.99. The van der Waals surface area contributed by atoms with Crippen LogP contribution >= 0.6 is 15.9 Å². The van der Waals surface area contributed by atoms with Gasteiger partial charge in [-0.15, -0.1) is 0 Å². The number of methoxy groups -OCH3 is 1. The maximum atomic E-state index is 12.2. The maximum absolute atomic E-state index is 12.2. The summed E-state index contributed by atoms with van der Waals surface area (Å²) in [6.45, 7) is 1.99. The van der Waals surface area contributed by atoms with Crippen molar-refractivity contribution in [1.82, 2.24) is 5.32 Å². The number of ether oxygens (including phenoxy) is 1. The lowest BCUT2D eigenvalue weighted by Gasteiger charge is -2.14. The largest absolute Gasteiger partial charge is 0.381 e. The van der Waals surface area contributed by atoms with Crippen molar-refractivity contribution in [3.05, 3.63) is 33.8 Å². The predicted octanol–water partition coefficient (Wildman–Crippen LogP) is 3.05. The van der Waals surface area contributed by atoms with Crippen LogP contribution in [-0.4, -0.2) is 25.2 Å². The highest BCUT2D eigenvalue weighted by Crippen LogP contribution is 2.23. The Hall–Kier alpha value is -0.870. The van der Waals surface area contributed by atoms with E-state index >= 15 is 0 Å². The smallest absolute Gasteiger partial charge is 0.252 e. The molecule has 1 aliphatic rings. The van der Waals surface area contributed by atoms with Crippen LogP contribution in [0.2, 0.25) is 0 Å². The van der Waals surface area contributed by atoms with Crippen LogP contribution in [-0.2, 0) is 4.74 Å². The van der Waals surface area contributed by atoms with Gasteiger partial charge in [0.15, 0.2) is 0 Å². The summed E-state index contributed by atoms with van der Waals surface area (Å²) in [6, 6.07) is 6.03. The summed E-state index contributed by atoms with van der Waals surface area (Å²) in [5.41, 5.74) is 1.79. The number of benzene rings is 1. The number of hydrogen-bond acceptors (Lipinski definition) is 2. The van der Waals surface area contributed by atoms with Crippen LogP contribution in [0.3, 0.4) is 0 Å². The van der Waals surface area contributed by atoms with Gasteiger partial charge < -0.3 is 10.1 Å². The number of rotatable bonds is 3. The fourth-order valence-electron chi connectivity index (χ4n) is 2.36. The molecule has 1 fully saturated rings. The van der Waals surface area contributed by atoms with Crippen molar-refractivity contribution >= 4 is 21.8 Å². The molecule has 4 heteroatoms. The monoisotopic (exact) mass is 311 g/mol. The molecule has 1 aliphatic carbocycles. The maximum Gasteiger partial charge on any atom is 0.252 e. The molecule has 2 atom stereocenters. The predicted molar refractivity (Wildman–Crippen MR) is 74.8 cm³/mol. The molecule has 98 valence electrons. The number of halogens is 1. The van der Waals surface area contributed by atoms with E-state index in [0.717, 1.165) is 29.3 Å². The summed E-state index contributed by atoms with van der Waals surface area (Å²) in [4.78, 5) is 12.2. The fraction of sp³-hybridized carbons (Fsp3) is 0.500. The second kappa shape index (κ2) is 5.85. The molecule has 0 heterocycles. The van der Waals surface area contributed by atoms with E-state index in [0.29, 0.717) is 5.56 Å². The van der Waals surface area contributed by atoms with Crippen molar-refractivity contribution in [3.8, 4) is 0 Å². The van der Waals surface area contributed by atoms with Gasteiger partial charge in [-0.2, -0.15) is 0 Å². The molecule has 0 bridgehead atoms. The number of hydrogen-bond donors (Lipinski definition) is 1. The first-order chi connectivity index (χ1) is 8.60. The van der Waals surface area contributed by atoms with Crippen molar-refractivity contribution < 1.29 is 9.53 Å². The van der Waals surface area contributed by atoms with Crippen LogP contribution in [0.25, 0.3) is 0 Å². The van der Waals surface area contributed by atoms with E-state index in [-0.39, 0.29) is 18.1 Å². The topological polar surface area (TPSA) is 38.3 Å². The van der Waals surface area contributed by atoms with Gasteiger partial charge in [0, 0.05) is 17.6 Å². The second-order valence-electron chi connectivity index (χ2n) is 4.82. The highest BCUT2D eigenvalue weighted by Gasteiger charge is 2.26. The summed E-state index contributed by atoms with van der Waals surface area (Å²) in [6.07, 6.45) is 3.21. The van der Waals surface area contributed by atoms with Crippen LogP contribution in [0, 0.1) is 6.92 Å². The van der Waals surface area contributed by atoms with E-state index in [1.807, 2.05) is 25.1 Å². The summed E-state index contributed by atoms with van der Waals surface area (Å²) in [7, 11) is 1.73. The van der Waals surface area contributed by atoms with Gasteiger partial charge in [0.2, 0.25) is 0 Å². The van der Waals surface area contributed by atoms with E-state index in [1.54, 1.807) is 7.11 Å². The zero-order valence-electron chi connectivity index (χ0n) is 10.7. The Kier molecular flexibility index (Phi) is 4.40. The molecule has 0 aliphatic heterocycles. The lowest BCUT2D eigenvalue weighted by molar-refractivity contribution is 0.0914. The molecule has 1 N–H and O–H groups in total. The number of nitrogens with one attached hydrogen (secondary N) is 1. The molecule has 1 amide bonds. The number of carbonyl (C=O) groups is 1. The van der Waals surface area contributed by atoms with Gasteiger partial charge in [-0.05, 0) is 54.2 Å². The third kappa shape index (κ3) is 3.12. The Balaban J connectivity index is 2.02. The van der Waals surface area contributed by atoms with Gasteiger partial charge in [-0.25, -0.2) is 0 Å². The molecule has 3 nitrogen and oxygen atoms in total. The average molecular weight is 312 g/mol. The first kappa shape index (κ1) is 13.6. The highest BCUT2D eigenvalue weighted by atomic mass is 79.9. The van der Waals surface area contributed by atoms with Gasteiger partial charge in [-0.1, -0.05) is 11.6 Å². The highest BCUT2D eigenvalue weighted by molar-refractivity contribution is 9.10. The Morgan fingerprint density at radius 1 is 1.44 bits per heavy atom. The molecule has 0 radical (unpaired) electrons. The van der Waals surface area contributed by atoms with Gasteiger partial charge >= 0.3 is 0 Å². The van der Waals surface area contributed by atoms with Crippen molar-refractivity contribution in [2.75, 3.05) is 7.11 Å². The minimum atomic E-state index is -0.00710. The van der Waals surface area contributed by atoms with E-state index in [9.17, 15) is 4.79 Å². The fourth-order valence-corrected chi connectivity index (χ4v) is 2.79. The summed E-state index contributed by atoms with van der Waals surface area (Å²) in [5.74, 6) is -0.00710. The van der Waals surface area contributed by atoms with E-state index in [4.69, 9.17) is 4.74 Å². The molecule has 2 rings (SSSR count). The molecular weight excluding hydrogens is 294 g/mol. The van der Waals surface area contributed by atoms with E-state index in [2.05, 4.69) is 21.2 Å². The summed E-state index contributed by atoms with van der Waals surface area (Å²) < 4.78 is 6.15. The van der Waals surface area contributed by atoms with Crippen LogP contribution < -0.4 is 5.32 Å². The van der Waals surface area contributed by atoms with Gasteiger partial charge in [0.25, 0.3) is 5.91 Å². The van der Waals surface area contributed by atoms with E-state index in [1.165, 1.54) is 0 Å². The Bertz CT molecular complexity index is 447. The van der Waals surface area contributed by atoms with Crippen molar-refractivity contribution in [2.24, 2.45) is 0 Å². The van der Waals surface area contributed by atoms with Crippen LogP contribution in [0.15, 0.2) is 22.7 Å². The van der Waals surface area contributed by atoms with Crippen LogP contribution in [0.5, 0.6) is 0 Å². The number of carbonyl (C=O) groups excluding carboxylic acids is 1. The third-order valence-electron chi connectivity index (χ3n) is 3.42. The quantitative estimate of drug-likeness (QED) is 0.931. The summed E-state index contributed by atoms with van der Waals surface area (Å²) in [5, 5.41) is 3.08.